The van der Waals surface area contributed by atoms with Crippen LogP contribution in [0.15, 0.2) is 29.1 Å². The van der Waals surface area contributed by atoms with Crippen LogP contribution in [0.5, 0.6) is 0 Å². The number of fused-ring (bicyclic) bond motifs is 1. The van der Waals surface area contributed by atoms with E-state index in [0.29, 0.717) is 23.1 Å². The molecular weight excluding hydrogens is 312 g/mol. The molecule has 0 atom stereocenters. The zero-order chi connectivity index (χ0) is 18.1. The average Bonchev–Trinajstić information content (AvgIpc) is 2.51. The lowest BCUT2D eigenvalue weighted by atomic mass is 10.0. The van der Waals surface area contributed by atoms with Gasteiger partial charge < -0.3 is 15.2 Å². The number of hydrogen-bond donors (Lipinski definition) is 2. The van der Waals surface area contributed by atoms with Crippen LogP contribution in [-0.4, -0.2) is 27.5 Å². The number of amides is 1. The summed E-state index contributed by atoms with van der Waals surface area (Å²) >= 11 is 0. The fourth-order valence-corrected chi connectivity index (χ4v) is 2.44. The van der Waals surface area contributed by atoms with E-state index in [4.69, 9.17) is 0 Å². The standard InChI is InChI=1S/C16H20N4O4/c1-5-17-15(22)16(2,3)18-12-9-14(21)19(4)13-7-6-10(20(23)24)8-11(12)13/h6-9,18H,5H2,1-4H3,(H,17,22). The Kier molecular flexibility index (Phi) is 4.59. The highest BCUT2D eigenvalue weighted by Gasteiger charge is 2.28. The first-order chi connectivity index (χ1) is 11.2. The van der Waals surface area contributed by atoms with Crippen LogP contribution in [0.25, 0.3) is 10.9 Å². The molecule has 0 fully saturated rings. The summed E-state index contributed by atoms with van der Waals surface area (Å²) in [4.78, 5) is 34.9. The van der Waals surface area contributed by atoms with E-state index < -0.39 is 10.5 Å². The molecule has 0 radical (unpaired) electrons. The van der Waals surface area contributed by atoms with Gasteiger partial charge in [-0.1, -0.05) is 0 Å². The fraction of sp³-hybridized carbons (Fsp3) is 0.375. The van der Waals surface area contributed by atoms with Crippen LogP contribution < -0.4 is 16.2 Å². The van der Waals surface area contributed by atoms with E-state index in [1.54, 1.807) is 20.9 Å². The van der Waals surface area contributed by atoms with Gasteiger partial charge in [-0.15, -0.1) is 0 Å². The smallest absolute Gasteiger partial charge is 0.270 e. The van der Waals surface area contributed by atoms with Crippen molar-refractivity contribution in [1.82, 2.24) is 9.88 Å². The lowest BCUT2D eigenvalue weighted by Crippen LogP contribution is -2.48. The fourth-order valence-electron chi connectivity index (χ4n) is 2.44. The zero-order valence-corrected chi connectivity index (χ0v) is 14.0. The number of carbonyl (C=O) groups is 1. The summed E-state index contributed by atoms with van der Waals surface area (Å²) in [5, 5.41) is 17.3. The van der Waals surface area contributed by atoms with Crippen molar-refractivity contribution in [3.05, 3.63) is 44.7 Å². The molecule has 0 saturated carbocycles. The van der Waals surface area contributed by atoms with E-state index >= 15 is 0 Å². The van der Waals surface area contributed by atoms with Gasteiger partial charge in [0.25, 0.3) is 11.2 Å². The topological polar surface area (TPSA) is 106 Å². The number of nitrogens with zero attached hydrogens (tertiary/aromatic N) is 2. The Labute approximate surface area is 138 Å². The third kappa shape index (κ3) is 3.22. The number of carbonyl (C=O) groups excluding carboxylic acids is 1. The van der Waals surface area contributed by atoms with Crippen LogP contribution in [0.2, 0.25) is 0 Å². The molecule has 1 amide bonds. The van der Waals surface area contributed by atoms with Crippen LogP contribution in [0.1, 0.15) is 20.8 Å². The van der Waals surface area contributed by atoms with Gasteiger partial charge in [-0.3, -0.25) is 19.7 Å². The van der Waals surface area contributed by atoms with Crippen LogP contribution in [-0.2, 0) is 11.8 Å². The number of aryl methyl sites for hydroxylation is 1. The second kappa shape index (κ2) is 6.31. The number of hydrogen-bond acceptors (Lipinski definition) is 5. The minimum atomic E-state index is -0.986. The van der Waals surface area contributed by atoms with Gasteiger partial charge >= 0.3 is 0 Å². The number of nitro benzene ring substituents is 1. The summed E-state index contributed by atoms with van der Waals surface area (Å²) in [5.74, 6) is -0.232. The second-order valence-electron chi connectivity index (χ2n) is 6.02. The van der Waals surface area contributed by atoms with Gasteiger partial charge in [-0.05, 0) is 26.8 Å². The summed E-state index contributed by atoms with van der Waals surface area (Å²) in [7, 11) is 1.59. The van der Waals surface area contributed by atoms with Gasteiger partial charge in [-0.2, -0.15) is 0 Å². The maximum atomic E-state index is 12.2. The van der Waals surface area contributed by atoms with E-state index in [1.807, 2.05) is 6.92 Å². The van der Waals surface area contributed by atoms with Crippen LogP contribution in [0.3, 0.4) is 0 Å². The maximum absolute atomic E-state index is 12.2. The van der Waals surface area contributed by atoms with E-state index in [1.165, 1.54) is 28.8 Å². The molecule has 8 heteroatoms. The third-order valence-corrected chi connectivity index (χ3v) is 3.79. The molecule has 0 aliphatic heterocycles. The Morgan fingerprint density at radius 2 is 2.00 bits per heavy atom. The number of pyridine rings is 1. The van der Waals surface area contributed by atoms with Gasteiger partial charge in [0.2, 0.25) is 5.91 Å². The number of benzene rings is 1. The normalized spacial score (nSPS) is 11.3. The molecule has 2 N–H and O–H groups in total. The van der Waals surface area contributed by atoms with Crippen LogP contribution in [0, 0.1) is 10.1 Å². The predicted molar refractivity (Wildman–Crippen MR) is 92.2 cm³/mol. The molecule has 0 unspecified atom stereocenters. The summed E-state index contributed by atoms with van der Waals surface area (Å²) in [5.41, 5.74) is -0.416. The Morgan fingerprint density at radius 3 is 2.58 bits per heavy atom. The SMILES string of the molecule is CCNC(=O)C(C)(C)Nc1cc(=O)n(C)c2ccc([N+](=O)[O-])cc12. The highest BCUT2D eigenvalue weighted by molar-refractivity contribution is 5.96. The minimum absolute atomic E-state index is 0.0833. The van der Waals surface area contributed by atoms with Crippen molar-refractivity contribution in [2.45, 2.75) is 26.3 Å². The van der Waals surface area contributed by atoms with Crippen molar-refractivity contribution < 1.29 is 9.72 Å². The average molecular weight is 332 g/mol. The highest BCUT2D eigenvalue weighted by atomic mass is 16.6. The van der Waals surface area contributed by atoms with Crippen molar-refractivity contribution in [3.63, 3.8) is 0 Å². The molecule has 1 aromatic carbocycles. The summed E-state index contributed by atoms with van der Waals surface area (Å²) < 4.78 is 1.41. The first-order valence-electron chi connectivity index (χ1n) is 7.52. The van der Waals surface area contributed by atoms with Crippen molar-refractivity contribution in [2.24, 2.45) is 7.05 Å². The number of nitrogens with one attached hydrogen (secondary N) is 2. The molecule has 1 heterocycles. The van der Waals surface area contributed by atoms with Gasteiger partial charge in [0, 0.05) is 37.2 Å². The maximum Gasteiger partial charge on any atom is 0.270 e. The Bertz CT molecular complexity index is 870. The van der Waals surface area contributed by atoms with E-state index in [2.05, 4.69) is 10.6 Å². The van der Waals surface area contributed by atoms with Gasteiger partial charge in [0.15, 0.2) is 0 Å². The number of rotatable bonds is 5. The van der Waals surface area contributed by atoms with Crippen molar-refractivity contribution in [1.29, 1.82) is 0 Å². The van der Waals surface area contributed by atoms with Crippen LogP contribution >= 0.6 is 0 Å². The number of non-ortho nitro benzene ring substituents is 1. The summed E-state index contributed by atoms with van der Waals surface area (Å²) in [6, 6.07) is 5.61. The molecule has 0 saturated heterocycles. The number of anilines is 1. The van der Waals surface area contributed by atoms with Gasteiger partial charge in [0.05, 0.1) is 16.1 Å². The number of likely N-dealkylation sites (N-methyl/N-ethyl adjacent to an activating group) is 1. The third-order valence-electron chi connectivity index (χ3n) is 3.79. The van der Waals surface area contributed by atoms with Crippen molar-refractivity contribution in [2.75, 3.05) is 11.9 Å². The molecule has 128 valence electrons. The highest BCUT2D eigenvalue weighted by Crippen LogP contribution is 2.28. The molecule has 0 aliphatic carbocycles. The first-order valence-corrected chi connectivity index (χ1v) is 7.52. The van der Waals surface area contributed by atoms with Crippen molar-refractivity contribution >= 4 is 28.2 Å². The molecule has 2 rings (SSSR count). The number of nitro groups is 1. The Hall–Kier alpha value is -2.90. The molecule has 0 bridgehead atoms. The Balaban J connectivity index is 2.62. The Morgan fingerprint density at radius 1 is 1.33 bits per heavy atom. The minimum Gasteiger partial charge on any atom is -0.371 e. The molecule has 1 aromatic heterocycles. The van der Waals surface area contributed by atoms with E-state index in [0.717, 1.165) is 0 Å². The molecule has 0 spiro atoms. The summed E-state index contributed by atoms with van der Waals surface area (Å²) in [6.45, 7) is 5.65. The predicted octanol–water partition coefficient (Wildman–Crippen LogP) is 1.77. The monoisotopic (exact) mass is 332 g/mol. The lowest BCUT2D eigenvalue weighted by Gasteiger charge is -2.27. The molecule has 24 heavy (non-hydrogen) atoms. The lowest BCUT2D eigenvalue weighted by molar-refractivity contribution is -0.384. The quantitative estimate of drug-likeness (QED) is 0.641. The van der Waals surface area contributed by atoms with E-state index in [-0.39, 0.29) is 17.2 Å². The van der Waals surface area contributed by atoms with E-state index in [9.17, 15) is 19.7 Å². The van der Waals surface area contributed by atoms with Gasteiger partial charge in [-0.25, -0.2) is 0 Å². The van der Waals surface area contributed by atoms with Crippen molar-refractivity contribution in [3.8, 4) is 0 Å². The second-order valence-corrected chi connectivity index (χ2v) is 6.02. The number of aromatic nitrogens is 1. The largest absolute Gasteiger partial charge is 0.371 e. The molecule has 0 aliphatic rings. The molecular formula is C16H20N4O4. The molecule has 8 nitrogen and oxygen atoms in total. The summed E-state index contributed by atoms with van der Waals surface area (Å²) in [6.07, 6.45) is 0. The first kappa shape index (κ1) is 17.5. The zero-order valence-electron chi connectivity index (χ0n) is 14.0. The molecule has 2 aromatic rings. The van der Waals surface area contributed by atoms with Crippen LogP contribution in [0.4, 0.5) is 11.4 Å². The van der Waals surface area contributed by atoms with Gasteiger partial charge in [0.1, 0.15) is 5.54 Å².